The Bertz CT molecular complexity index is 1370. The number of hydrogen-bond acceptors (Lipinski definition) is 5. The molecule has 2 saturated heterocycles. The second-order valence-electron chi connectivity index (χ2n) is 10.1. The highest BCUT2D eigenvalue weighted by Gasteiger charge is 2.42. The molecule has 2 amide bonds. The third kappa shape index (κ3) is 6.15. The van der Waals surface area contributed by atoms with Crippen LogP contribution in [0.1, 0.15) is 24.3 Å². The van der Waals surface area contributed by atoms with Crippen LogP contribution in [0.4, 0.5) is 19.4 Å². The van der Waals surface area contributed by atoms with Crippen LogP contribution in [0.25, 0.3) is 0 Å². The molecular weight excluding hydrogens is 561 g/mol. The molecule has 0 bridgehead atoms. The number of carbonyl (C=O) groups excluding carboxylic acids is 2. The third-order valence-corrected chi connectivity index (χ3v) is 8.17. The lowest BCUT2D eigenvalue weighted by Gasteiger charge is -2.34. The molecule has 2 atom stereocenters. The average Bonchev–Trinajstić information content (AvgIpc) is 3.41. The summed E-state index contributed by atoms with van der Waals surface area (Å²) < 4.78 is 32.7. The number of halogens is 4. The van der Waals surface area contributed by atoms with E-state index in [9.17, 15) is 18.4 Å². The molecule has 11 heteroatoms. The summed E-state index contributed by atoms with van der Waals surface area (Å²) in [6.07, 6.45) is 2.30. The number of likely N-dealkylation sites (N-methyl/N-ethyl adjacent to an activating group) is 1. The molecule has 3 aromatic rings. The van der Waals surface area contributed by atoms with Crippen molar-refractivity contribution in [3.63, 3.8) is 0 Å². The Kier molecular flexibility index (Phi) is 8.42. The number of pyridine rings is 1. The van der Waals surface area contributed by atoms with Gasteiger partial charge in [-0.15, -0.1) is 0 Å². The van der Waals surface area contributed by atoms with Crippen LogP contribution in [0.3, 0.4) is 0 Å². The summed E-state index contributed by atoms with van der Waals surface area (Å²) in [5.41, 5.74) is 0.719. The summed E-state index contributed by atoms with van der Waals surface area (Å²) in [7, 11) is 1.60. The molecule has 2 aliphatic rings. The van der Waals surface area contributed by atoms with Crippen molar-refractivity contribution in [1.29, 1.82) is 0 Å². The van der Waals surface area contributed by atoms with Gasteiger partial charge in [0.25, 0.3) is 0 Å². The molecule has 0 aliphatic carbocycles. The minimum Gasteiger partial charge on any atom is -0.410 e. The summed E-state index contributed by atoms with van der Waals surface area (Å²) >= 11 is 12.0. The van der Waals surface area contributed by atoms with E-state index < -0.39 is 23.8 Å². The van der Waals surface area contributed by atoms with Crippen molar-refractivity contribution >= 4 is 41.0 Å². The number of amides is 2. The summed E-state index contributed by atoms with van der Waals surface area (Å²) in [6, 6.07) is 12.8. The van der Waals surface area contributed by atoms with E-state index in [0.29, 0.717) is 37.5 Å². The summed E-state index contributed by atoms with van der Waals surface area (Å²) in [5.74, 6) is -0.425. The van der Waals surface area contributed by atoms with Gasteiger partial charge in [0.05, 0.1) is 16.1 Å². The predicted octanol–water partition coefficient (Wildman–Crippen LogP) is 6.01. The molecule has 210 valence electrons. The van der Waals surface area contributed by atoms with Crippen molar-refractivity contribution in [3.05, 3.63) is 88.0 Å². The fraction of sp³-hybridized carbons (Fsp3) is 0.345. The SMILES string of the molecule is CN(C(=O)Oc1ccc(F)cc1)[C@@H]1CN(C(=O)C2CCN(c3ccc(Cl)cn3)CC2)C[C@H]1c1ccc(F)c(Cl)c1. The first-order valence-corrected chi connectivity index (χ1v) is 13.8. The first kappa shape index (κ1) is 28.1. The van der Waals surface area contributed by atoms with Crippen LogP contribution in [-0.2, 0) is 4.79 Å². The Morgan fingerprint density at radius 3 is 2.38 bits per heavy atom. The molecule has 5 rings (SSSR count). The van der Waals surface area contributed by atoms with Gasteiger partial charge < -0.3 is 19.4 Å². The lowest BCUT2D eigenvalue weighted by atomic mass is 9.93. The Morgan fingerprint density at radius 1 is 1.00 bits per heavy atom. The van der Waals surface area contributed by atoms with Gasteiger partial charge in [-0.3, -0.25) is 4.79 Å². The van der Waals surface area contributed by atoms with Gasteiger partial charge in [-0.25, -0.2) is 18.6 Å². The molecular formula is C29H28Cl2F2N4O3. The molecule has 0 saturated carbocycles. The van der Waals surface area contributed by atoms with Crippen LogP contribution in [0.2, 0.25) is 10.0 Å². The first-order chi connectivity index (χ1) is 19.2. The van der Waals surface area contributed by atoms with Gasteiger partial charge >= 0.3 is 6.09 Å². The van der Waals surface area contributed by atoms with Gasteiger partial charge in [0.1, 0.15) is 23.2 Å². The maximum absolute atomic E-state index is 13.9. The highest BCUT2D eigenvalue weighted by atomic mass is 35.5. The van der Waals surface area contributed by atoms with E-state index in [0.717, 1.165) is 11.4 Å². The minimum atomic E-state index is -0.645. The van der Waals surface area contributed by atoms with Gasteiger partial charge in [-0.2, -0.15) is 0 Å². The van der Waals surface area contributed by atoms with Gasteiger partial charge in [-0.1, -0.05) is 29.3 Å². The number of likely N-dealkylation sites (tertiary alicyclic amines) is 1. The number of aromatic nitrogens is 1. The van der Waals surface area contributed by atoms with E-state index in [1.54, 1.807) is 36.3 Å². The van der Waals surface area contributed by atoms with Gasteiger partial charge in [-0.05, 0) is 66.9 Å². The molecule has 2 fully saturated rings. The third-order valence-electron chi connectivity index (χ3n) is 7.66. The second kappa shape index (κ2) is 12.0. The zero-order chi connectivity index (χ0) is 28.4. The monoisotopic (exact) mass is 588 g/mol. The normalized spacial score (nSPS) is 19.5. The topological polar surface area (TPSA) is 66.0 Å². The summed E-state index contributed by atoms with van der Waals surface area (Å²) in [6.45, 7) is 2.00. The highest BCUT2D eigenvalue weighted by Crippen LogP contribution is 2.35. The van der Waals surface area contributed by atoms with E-state index in [-0.39, 0.29) is 35.1 Å². The van der Waals surface area contributed by atoms with E-state index in [2.05, 4.69) is 9.88 Å². The van der Waals surface area contributed by atoms with E-state index >= 15 is 0 Å². The van der Waals surface area contributed by atoms with Crippen LogP contribution in [0.5, 0.6) is 5.75 Å². The second-order valence-corrected chi connectivity index (χ2v) is 11.0. The van der Waals surface area contributed by atoms with Crippen molar-refractivity contribution in [2.24, 2.45) is 5.92 Å². The van der Waals surface area contributed by atoms with Crippen molar-refractivity contribution < 1.29 is 23.1 Å². The lowest BCUT2D eigenvalue weighted by molar-refractivity contribution is -0.135. The quantitative estimate of drug-likeness (QED) is 0.365. The van der Waals surface area contributed by atoms with Crippen LogP contribution in [0.15, 0.2) is 60.8 Å². The lowest BCUT2D eigenvalue weighted by Crippen LogP contribution is -2.45. The van der Waals surface area contributed by atoms with Gasteiger partial charge in [0, 0.05) is 51.3 Å². The molecule has 2 aromatic carbocycles. The maximum atomic E-state index is 13.9. The number of benzene rings is 2. The van der Waals surface area contributed by atoms with Crippen molar-refractivity contribution in [2.75, 3.05) is 38.1 Å². The highest BCUT2D eigenvalue weighted by molar-refractivity contribution is 6.31. The van der Waals surface area contributed by atoms with E-state index in [1.165, 1.54) is 35.2 Å². The zero-order valence-electron chi connectivity index (χ0n) is 21.8. The number of rotatable bonds is 5. The van der Waals surface area contributed by atoms with E-state index in [4.69, 9.17) is 27.9 Å². The minimum absolute atomic E-state index is 0.0183. The van der Waals surface area contributed by atoms with Crippen molar-refractivity contribution in [1.82, 2.24) is 14.8 Å². The predicted molar refractivity (Wildman–Crippen MR) is 149 cm³/mol. The maximum Gasteiger partial charge on any atom is 0.415 e. The van der Waals surface area contributed by atoms with Gasteiger partial charge in [0.15, 0.2) is 0 Å². The Balaban J connectivity index is 1.30. The van der Waals surface area contributed by atoms with Crippen LogP contribution in [0, 0.1) is 17.6 Å². The van der Waals surface area contributed by atoms with Crippen LogP contribution >= 0.6 is 23.2 Å². The molecule has 0 spiro atoms. The van der Waals surface area contributed by atoms with Crippen LogP contribution in [-0.4, -0.2) is 66.1 Å². The fourth-order valence-corrected chi connectivity index (χ4v) is 5.71. The zero-order valence-corrected chi connectivity index (χ0v) is 23.3. The number of anilines is 1. The number of nitrogens with zero attached hydrogens (tertiary/aromatic N) is 4. The Hall–Kier alpha value is -3.43. The molecule has 7 nitrogen and oxygen atoms in total. The molecule has 0 radical (unpaired) electrons. The molecule has 2 aliphatic heterocycles. The average molecular weight is 589 g/mol. The summed E-state index contributed by atoms with van der Waals surface area (Å²) in [4.78, 5) is 36.4. The number of carbonyl (C=O) groups is 2. The number of piperidine rings is 1. The Labute approximate surface area is 241 Å². The first-order valence-electron chi connectivity index (χ1n) is 13.0. The number of hydrogen-bond donors (Lipinski definition) is 0. The largest absolute Gasteiger partial charge is 0.415 e. The van der Waals surface area contributed by atoms with Crippen LogP contribution < -0.4 is 9.64 Å². The Morgan fingerprint density at radius 2 is 1.73 bits per heavy atom. The molecule has 0 unspecified atom stereocenters. The smallest absolute Gasteiger partial charge is 0.410 e. The van der Waals surface area contributed by atoms with Gasteiger partial charge in [0.2, 0.25) is 5.91 Å². The molecule has 0 N–H and O–H groups in total. The summed E-state index contributed by atoms with van der Waals surface area (Å²) in [5, 5.41) is 0.543. The van der Waals surface area contributed by atoms with Crippen molar-refractivity contribution in [2.45, 2.75) is 24.8 Å². The molecule has 1 aromatic heterocycles. The molecule has 40 heavy (non-hydrogen) atoms. The van der Waals surface area contributed by atoms with Crippen molar-refractivity contribution in [3.8, 4) is 5.75 Å². The fourth-order valence-electron chi connectivity index (χ4n) is 5.41. The number of ether oxygens (including phenoxy) is 1. The standard InChI is InChI=1S/C29H28Cl2F2N4O3/c1-35(29(39)40-22-6-4-21(32)5-7-22)26-17-37(16-23(26)19-2-8-25(33)24(31)14-19)28(38)18-10-12-36(13-11-18)27-9-3-20(30)15-34-27/h2-9,14-15,18,23,26H,10-13,16-17H2,1H3/t23-,26+/m0/s1. The molecule has 3 heterocycles. The van der Waals surface area contributed by atoms with E-state index in [1.807, 2.05) is 6.07 Å².